The lowest BCUT2D eigenvalue weighted by molar-refractivity contribution is -0.173. The van der Waals surface area contributed by atoms with Crippen molar-refractivity contribution in [3.63, 3.8) is 0 Å². The molecule has 2 rings (SSSR count). The molecule has 2 fully saturated rings. The number of hydrogen-bond acceptors (Lipinski definition) is 7. The molecule has 0 bridgehead atoms. The number of hydrogen-bond donors (Lipinski definition) is 4. The predicted octanol–water partition coefficient (Wildman–Crippen LogP) is -1.32. The average Bonchev–Trinajstić information content (AvgIpc) is 2.99. The van der Waals surface area contributed by atoms with E-state index in [1.54, 1.807) is 5.32 Å². The summed E-state index contributed by atoms with van der Waals surface area (Å²) in [5, 5.41) is 22.6. The van der Waals surface area contributed by atoms with Crippen LogP contribution < -0.4 is 10.6 Å². The van der Waals surface area contributed by atoms with Crippen LogP contribution in [0.3, 0.4) is 0 Å². The molecule has 0 radical (unpaired) electrons. The number of nitrogens with one attached hydrogen (secondary N) is 2. The van der Waals surface area contributed by atoms with Crippen LogP contribution in [0.5, 0.6) is 0 Å². The smallest absolute Gasteiger partial charge is 0.394 e. The number of amides is 4. The second-order valence-corrected chi connectivity index (χ2v) is 5.99. The van der Waals surface area contributed by atoms with Crippen LogP contribution in [-0.2, 0) is 14.3 Å². The zero-order chi connectivity index (χ0) is 20.9. The van der Waals surface area contributed by atoms with Gasteiger partial charge in [-0.05, 0) is 0 Å². The molecule has 2 aliphatic heterocycles. The van der Waals surface area contributed by atoms with Gasteiger partial charge in [-0.15, -0.1) is 0 Å². The summed E-state index contributed by atoms with van der Waals surface area (Å²) in [6, 6.07) is -0.712. The van der Waals surface area contributed by atoms with Gasteiger partial charge in [0, 0.05) is 18.2 Å². The fourth-order valence-electron chi connectivity index (χ4n) is 2.58. The van der Waals surface area contributed by atoms with E-state index in [0.29, 0.717) is 0 Å². The number of aliphatic imine (C=N–C) groups is 1. The van der Waals surface area contributed by atoms with Crippen LogP contribution in [0.25, 0.3) is 0 Å². The lowest BCUT2D eigenvalue weighted by Gasteiger charge is -2.32. The van der Waals surface area contributed by atoms with Crippen LogP contribution in [0.2, 0.25) is 0 Å². The number of alkyl halides is 3. The molecule has 4 amide bonds. The number of aliphatic hydroxyl groups excluding tert-OH is 2. The van der Waals surface area contributed by atoms with Gasteiger partial charge in [-0.1, -0.05) is 6.08 Å². The molecule has 0 unspecified atom stereocenters. The Balaban J connectivity index is 1.88. The fourth-order valence-corrected chi connectivity index (χ4v) is 2.58. The maximum absolute atomic E-state index is 12.0. The van der Waals surface area contributed by atoms with E-state index in [1.807, 2.05) is 0 Å². The van der Waals surface area contributed by atoms with Gasteiger partial charge in [-0.3, -0.25) is 24.8 Å². The zero-order valence-electron chi connectivity index (χ0n) is 14.5. The summed E-state index contributed by atoms with van der Waals surface area (Å²) in [5.41, 5.74) is 0.168. The monoisotopic (exact) mass is 408 g/mol. The molecule has 28 heavy (non-hydrogen) atoms. The molecule has 10 nitrogen and oxygen atoms in total. The molecule has 2 aliphatic rings. The van der Waals surface area contributed by atoms with Crippen molar-refractivity contribution in [2.45, 2.75) is 31.0 Å². The van der Waals surface area contributed by atoms with Crippen LogP contribution in [0.1, 0.15) is 6.42 Å². The van der Waals surface area contributed by atoms with E-state index < -0.39 is 55.6 Å². The van der Waals surface area contributed by atoms with Gasteiger partial charge in [0.1, 0.15) is 12.3 Å². The summed E-state index contributed by atoms with van der Waals surface area (Å²) in [4.78, 5) is 39.4. The number of rotatable bonds is 6. The second-order valence-electron chi connectivity index (χ2n) is 5.99. The van der Waals surface area contributed by atoms with Gasteiger partial charge in [0.25, 0.3) is 5.91 Å². The molecule has 156 valence electrons. The van der Waals surface area contributed by atoms with Crippen molar-refractivity contribution in [1.29, 1.82) is 0 Å². The van der Waals surface area contributed by atoms with Gasteiger partial charge in [0.05, 0.1) is 32.3 Å². The predicted molar refractivity (Wildman–Crippen MR) is 87.1 cm³/mol. The van der Waals surface area contributed by atoms with Crippen LogP contribution in [0, 0.1) is 0 Å². The Morgan fingerprint density at radius 1 is 1.43 bits per heavy atom. The first kappa shape index (κ1) is 21.8. The molecule has 0 aromatic carbocycles. The highest BCUT2D eigenvalue weighted by molar-refractivity contribution is 6.06. The summed E-state index contributed by atoms with van der Waals surface area (Å²) in [7, 11) is 0. The van der Waals surface area contributed by atoms with E-state index in [-0.39, 0.29) is 25.1 Å². The summed E-state index contributed by atoms with van der Waals surface area (Å²) >= 11 is 0. The Morgan fingerprint density at radius 3 is 2.75 bits per heavy atom. The summed E-state index contributed by atoms with van der Waals surface area (Å²) in [6.45, 7) is -1.05. The Kier molecular flexibility index (Phi) is 7.10. The van der Waals surface area contributed by atoms with Gasteiger partial charge in [-0.25, -0.2) is 4.79 Å². The van der Waals surface area contributed by atoms with Crippen molar-refractivity contribution in [3.8, 4) is 0 Å². The van der Waals surface area contributed by atoms with Gasteiger partial charge in [0.15, 0.2) is 0 Å². The minimum Gasteiger partial charge on any atom is -0.394 e. The van der Waals surface area contributed by atoms with Crippen molar-refractivity contribution >= 4 is 24.1 Å². The van der Waals surface area contributed by atoms with E-state index in [9.17, 15) is 32.7 Å². The first-order chi connectivity index (χ1) is 13.1. The highest BCUT2D eigenvalue weighted by Crippen LogP contribution is 2.25. The van der Waals surface area contributed by atoms with Crippen LogP contribution in [0.4, 0.5) is 18.0 Å². The molecule has 0 aliphatic carbocycles. The molecule has 4 N–H and O–H groups in total. The molecular weight excluding hydrogens is 389 g/mol. The molecule has 13 heteroatoms. The van der Waals surface area contributed by atoms with Gasteiger partial charge in [0.2, 0.25) is 0 Å². The average molecular weight is 408 g/mol. The Labute approximate surface area is 157 Å². The van der Waals surface area contributed by atoms with Crippen molar-refractivity contribution in [2.75, 3.05) is 26.2 Å². The fraction of sp³-hybridized carbons (Fsp3) is 0.600. The second kappa shape index (κ2) is 9.12. The number of urea groups is 1. The molecule has 2 saturated heterocycles. The van der Waals surface area contributed by atoms with Crippen molar-refractivity contribution in [3.05, 3.63) is 11.6 Å². The highest BCUT2D eigenvalue weighted by atomic mass is 19.4. The summed E-state index contributed by atoms with van der Waals surface area (Å²) in [5.74, 6) is -2.74. The lowest BCUT2D eigenvalue weighted by atomic mass is 10.1. The van der Waals surface area contributed by atoms with Crippen molar-refractivity contribution in [1.82, 2.24) is 15.5 Å². The quantitative estimate of drug-likeness (QED) is 0.318. The number of halogens is 3. The first-order valence-electron chi connectivity index (χ1n) is 8.22. The molecular formula is C15H19F3N4O6. The van der Waals surface area contributed by atoms with Gasteiger partial charge < -0.3 is 20.3 Å². The molecule has 2 heterocycles. The number of carbonyl (C=O) groups excluding carboxylic acids is 3. The van der Waals surface area contributed by atoms with Crippen LogP contribution >= 0.6 is 0 Å². The topological polar surface area (TPSA) is 141 Å². The maximum atomic E-state index is 12.0. The highest BCUT2D eigenvalue weighted by Gasteiger charge is 2.41. The number of ether oxygens (including phenoxy) is 1. The van der Waals surface area contributed by atoms with E-state index in [4.69, 9.17) is 9.84 Å². The van der Waals surface area contributed by atoms with Crippen molar-refractivity contribution < 1.29 is 42.5 Å². The third kappa shape index (κ3) is 5.50. The normalized spacial score (nSPS) is 27.5. The van der Waals surface area contributed by atoms with E-state index in [0.717, 1.165) is 6.21 Å². The Morgan fingerprint density at radius 2 is 2.14 bits per heavy atom. The van der Waals surface area contributed by atoms with Gasteiger partial charge >= 0.3 is 18.1 Å². The number of imide groups is 1. The minimum atomic E-state index is -4.98. The zero-order valence-corrected chi connectivity index (χ0v) is 14.5. The SMILES string of the molecule is O=C1NC(=O)N([C@H]2C[C@H](O)[C@@H](CO)O2)CC1=CCN=CCNC(=O)C(F)(F)F. The third-order valence-corrected chi connectivity index (χ3v) is 4.03. The molecule has 0 spiro atoms. The van der Waals surface area contributed by atoms with E-state index in [2.05, 4.69) is 10.3 Å². The van der Waals surface area contributed by atoms with E-state index in [1.165, 1.54) is 11.0 Å². The molecule has 3 atom stereocenters. The number of aliphatic hydroxyl groups is 2. The molecule has 0 aromatic rings. The standard InChI is InChI=1S/C15H19F3N4O6/c16-15(17,18)13(26)20-4-3-19-2-1-8-6-22(14(27)21-12(8)25)11-5-9(24)10(7-23)28-11/h1,3,9-11,23-24H,2,4-7H2,(H,20,26)(H,21,25,27)/t9-,10+,11+/m0/s1. The first-order valence-corrected chi connectivity index (χ1v) is 8.22. The van der Waals surface area contributed by atoms with E-state index >= 15 is 0 Å². The van der Waals surface area contributed by atoms with Crippen molar-refractivity contribution in [2.24, 2.45) is 4.99 Å². The lowest BCUT2D eigenvalue weighted by Crippen LogP contribution is -2.54. The maximum Gasteiger partial charge on any atom is 0.471 e. The number of carbonyl (C=O) groups is 3. The Hall–Kier alpha value is -2.51. The third-order valence-electron chi connectivity index (χ3n) is 4.03. The van der Waals surface area contributed by atoms with Crippen LogP contribution in [-0.4, -0.2) is 90.0 Å². The number of nitrogens with zero attached hydrogens (tertiary/aromatic N) is 2. The summed E-state index contributed by atoms with van der Waals surface area (Å²) in [6.07, 6.45) is -5.11. The minimum absolute atomic E-state index is 0.0666. The molecule has 0 saturated carbocycles. The van der Waals surface area contributed by atoms with Gasteiger partial charge in [-0.2, -0.15) is 13.2 Å². The van der Waals surface area contributed by atoms with Crippen LogP contribution in [0.15, 0.2) is 16.6 Å². The largest absolute Gasteiger partial charge is 0.471 e. The molecule has 0 aromatic heterocycles. The Bertz CT molecular complexity index is 681. The summed E-state index contributed by atoms with van der Waals surface area (Å²) < 4.78 is 41.4.